The summed E-state index contributed by atoms with van der Waals surface area (Å²) in [4.78, 5) is 13.1. The Bertz CT molecular complexity index is 773. The van der Waals surface area contributed by atoms with Crippen LogP contribution >= 0.6 is 0 Å². The van der Waals surface area contributed by atoms with Crippen molar-refractivity contribution in [1.82, 2.24) is 10.0 Å². The number of hydrazine groups is 1. The number of nitriles is 1. The average Bonchev–Trinajstić information content (AvgIpc) is 2.68. The van der Waals surface area contributed by atoms with Crippen LogP contribution in [0.5, 0.6) is 0 Å². The smallest absolute Gasteiger partial charge is 0.268 e. The number of rotatable bonds is 4. The minimum absolute atomic E-state index is 0.00248. The Morgan fingerprint density at radius 3 is 2.52 bits per heavy atom. The highest BCUT2D eigenvalue weighted by atomic mass is 16.2. The van der Waals surface area contributed by atoms with Crippen LogP contribution in [0, 0.1) is 11.3 Å². The predicted octanol–water partition coefficient (Wildman–Crippen LogP) is 3.62. The molecule has 1 fully saturated rings. The van der Waals surface area contributed by atoms with Crippen molar-refractivity contribution < 1.29 is 4.79 Å². The van der Waals surface area contributed by atoms with E-state index in [9.17, 15) is 10.1 Å². The summed E-state index contributed by atoms with van der Waals surface area (Å²) in [5.74, 6) is -0.00248. The van der Waals surface area contributed by atoms with Gasteiger partial charge >= 0.3 is 0 Å². The minimum atomic E-state index is -0.00248. The molecule has 2 aromatic rings. The second-order valence-electron chi connectivity index (χ2n) is 6.49. The summed E-state index contributed by atoms with van der Waals surface area (Å²) in [6, 6.07) is 17.6. The number of carbonyl (C=O) groups excluding carboxylic acids is 1. The maximum Gasteiger partial charge on any atom is 0.268 e. The van der Waals surface area contributed by atoms with E-state index in [-0.39, 0.29) is 5.91 Å². The Labute approximate surface area is 149 Å². The zero-order valence-corrected chi connectivity index (χ0v) is 14.6. The Morgan fingerprint density at radius 2 is 1.84 bits per heavy atom. The number of piperidine rings is 1. The van der Waals surface area contributed by atoms with Crippen molar-refractivity contribution in [3.05, 3.63) is 70.8 Å². The van der Waals surface area contributed by atoms with Gasteiger partial charge in [-0.3, -0.25) is 9.80 Å². The number of hydrogen-bond donors (Lipinski definition) is 0. The molecule has 0 spiro atoms. The van der Waals surface area contributed by atoms with Crippen molar-refractivity contribution in [2.75, 3.05) is 20.1 Å². The third-order valence-corrected chi connectivity index (χ3v) is 4.75. The topological polar surface area (TPSA) is 47.3 Å². The number of amides is 1. The van der Waals surface area contributed by atoms with Crippen LogP contribution in [0.3, 0.4) is 0 Å². The van der Waals surface area contributed by atoms with Gasteiger partial charge in [-0.1, -0.05) is 36.8 Å². The van der Waals surface area contributed by atoms with Crippen LogP contribution in [-0.2, 0) is 6.42 Å². The highest BCUT2D eigenvalue weighted by molar-refractivity contribution is 5.95. The fourth-order valence-electron chi connectivity index (χ4n) is 3.31. The monoisotopic (exact) mass is 333 g/mol. The summed E-state index contributed by atoms with van der Waals surface area (Å²) in [7, 11) is 1.85. The molecule has 1 amide bonds. The van der Waals surface area contributed by atoms with Crippen LogP contribution in [0.25, 0.3) is 0 Å². The van der Waals surface area contributed by atoms with E-state index in [0.717, 1.165) is 37.1 Å². The maximum absolute atomic E-state index is 13.1. The van der Waals surface area contributed by atoms with Crippen LogP contribution in [-0.4, -0.2) is 36.1 Å². The first-order valence-electron chi connectivity index (χ1n) is 8.79. The fourth-order valence-corrected chi connectivity index (χ4v) is 3.31. The Kier molecular flexibility index (Phi) is 5.47. The van der Waals surface area contributed by atoms with Gasteiger partial charge in [0.2, 0.25) is 0 Å². The summed E-state index contributed by atoms with van der Waals surface area (Å²) in [5.41, 5.74) is 3.30. The first-order chi connectivity index (χ1) is 12.2. The second-order valence-corrected chi connectivity index (χ2v) is 6.49. The van der Waals surface area contributed by atoms with Crippen molar-refractivity contribution in [3.8, 4) is 6.07 Å². The normalized spacial score (nSPS) is 14.7. The summed E-state index contributed by atoms with van der Waals surface area (Å²) >= 11 is 0. The highest BCUT2D eigenvalue weighted by Gasteiger charge is 2.22. The fraction of sp³-hybridized carbons (Fsp3) is 0.333. The Hall–Kier alpha value is -2.64. The molecule has 2 aromatic carbocycles. The highest BCUT2D eigenvalue weighted by Crippen LogP contribution is 2.20. The zero-order valence-electron chi connectivity index (χ0n) is 14.6. The minimum Gasteiger partial charge on any atom is -0.274 e. The predicted molar refractivity (Wildman–Crippen MR) is 97.9 cm³/mol. The molecule has 4 heteroatoms. The first kappa shape index (κ1) is 17.2. The number of carbonyl (C=O) groups is 1. The lowest BCUT2D eigenvalue weighted by atomic mass is 9.97. The summed E-state index contributed by atoms with van der Waals surface area (Å²) in [6.45, 7) is 1.85. The Balaban J connectivity index is 1.89. The lowest BCUT2D eigenvalue weighted by Gasteiger charge is -2.35. The SMILES string of the molecule is CN(C(=O)c1ccc(C#N)cc1Cc1ccccc1)N1CCCCC1. The molecule has 1 heterocycles. The summed E-state index contributed by atoms with van der Waals surface area (Å²) in [5, 5.41) is 13.1. The van der Waals surface area contributed by atoms with E-state index < -0.39 is 0 Å². The molecule has 25 heavy (non-hydrogen) atoms. The van der Waals surface area contributed by atoms with Gasteiger partial charge in [0.25, 0.3) is 5.91 Å². The van der Waals surface area contributed by atoms with Gasteiger partial charge in [-0.25, -0.2) is 5.01 Å². The van der Waals surface area contributed by atoms with Crippen LogP contribution in [0.2, 0.25) is 0 Å². The molecule has 1 saturated heterocycles. The molecule has 3 rings (SSSR count). The number of hydrogen-bond acceptors (Lipinski definition) is 3. The summed E-state index contributed by atoms with van der Waals surface area (Å²) in [6.07, 6.45) is 4.13. The van der Waals surface area contributed by atoms with E-state index in [1.165, 1.54) is 6.42 Å². The van der Waals surface area contributed by atoms with E-state index >= 15 is 0 Å². The molecule has 0 N–H and O–H groups in total. The molecular weight excluding hydrogens is 310 g/mol. The quantitative estimate of drug-likeness (QED) is 0.858. The van der Waals surface area contributed by atoms with Gasteiger partial charge in [0.15, 0.2) is 0 Å². The van der Waals surface area contributed by atoms with Gasteiger partial charge in [0, 0.05) is 25.7 Å². The van der Waals surface area contributed by atoms with Crippen LogP contribution in [0.15, 0.2) is 48.5 Å². The molecule has 0 atom stereocenters. The first-order valence-corrected chi connectivity index (χ1v) is 8.79. The third-order valence-electron chi connectivity index (χ3n) is 4.75. The van der Waals surface area contributed by atoms with E-state index in [1.807, 2.05) is 43.4 Å². The van der Waals surface area contributed by atoms with Crippen molar-refractivity contribution in [3.63, 3.8) is 0 Å². The van der Waals surface area contributed by atoms with E-state index in [4.69, 9.17) is 0 Å². The third kappa shape index (κ3) is 4.07. The van der Waals surface area contributed by atoms with Gasteiger partial charge < -0.3 is 0 Å². The Morgan fingerprint density at radius 1 is 1.12 bits per heavy atom. The molecule has 0 aliphatic carbocycles. The molecule has 4 nitrogen and oxygen atoms in total. The molecule has 1 aliphatic heterocycles. The molecule has 0 bridgehead atoms. The lowest BCUT2D eigenvalue weighted by Crippen LogP contribution is -2.46. The average molecular weight is 333 g/mol. The van der Waals surface area contributed by atoms with Gasteiger partial charge in [0.05, 0.1) is 11.6 Å². The maximum atomic E-state index is 13.1. The van der Waals surface area contributed by atoms with Crippen LogP contribution < -0.4 is 0 Å². The second kappa shape index (κ2) is 7.96. The van der Waals surface area contributed by atoms with Crippen molar-refractivity contribution in [2.24, 2.45) is 0 Å². The lowest BCUT2D eigenvalue weighted by molar-refractivity contribution is -0.00505. The van der Waals surface area contributed by atoms with Gasteiger partial charge in [-0.15, -0.1) is 0 Å². The molecule has 128 valence electrons. The summed E-state index contributed by atoms with van der Waals surface area (Å²) < 4.78 is 0. The molecule has 1 aliphatic rings. The zero-order chi connectivity index (χ0) is 17.6. The standard InChI is InChI=1S/C21H23N3O/c1-23(24-12-6-3-7-13-24)21(25)20-11-10-18(16-22)15-19(20)14-17-8-4-2-5-9-17/h2,4-5,8-11,15H,3,6-7,12-14H2,1H3. The van der Waals surface area contributed by atoms with Crippen LogP contribution in [0.1, 0.15) is 46.3 Å². The van der Waals surface area contributed by atoms with Gasteiger partial charge in [-0.05, 0) is 48.6 Å². The van der Waals surface area contributed by atoms with Gasteiger partial charge in [0.1, 0.15) is 0 Å². The van der Waals surface area contributed by atoms with Crippen LogP contribution in [0.4, 0.5) is 0 Å². The van der Waals surface area contributed by atoms with E-state index in [2.05, 4.69) is 11.1 Å². The van der Waals surface area contributed by atoms with Crippen molar-refractivity contribution >= 4 is 5.91 Å². The molecule has 0 saturated carbocycles. The van der Waals surface area contributed by atoms with E-state index in [0.29, 0.717) is 17.5 Å². The molecule has 0 radical (unpaired) electrons. The van der Waals surface area contributed by atoms with Crippen molar-refractivity contribution in [2.45, 2.75) is 25.7 Å². The number of nitrogens with zero attached hydrogens (tertiary/aromatic N) is 3. The largest absolute Gasteiger partial charge is 0.274 e. The van der Waals surface area contributed by atoms with Crippen molar-refractivity contribution in [1.29, 1.82) is 5.26 Å². The molecule has 0 aromatic heterocycles. The number of benzene rings is 2. The van der Waals surface area contributed by atoms with Gasteiger partial charge in [-0.2, -0.15) is 5.26 Å². The molecule has 0 unspecified atom stereocenters. The van der Waals surface area contributed by atoms with E-state index in [1.54, 1.807) is 17.1 Å². The molecular formula is C21H23N3O.